The van der Waals surface area contributed by atoms with E-state index in [4.69, 9.17) is 0 Å². The van der Waals surface area contributed by atoms with Crippen LogP contribution in [0.1, 0.15) is 26.2 Å². The number of benzene rings is 1. The minimum absolute atomic E-state index is 0.324. The second kappa shape index (κ2) is 6.83. The number of carbonyl (C=O) groups excluding carboxylic acids is 1. The molecule has 1 aromatic carbocycles. The third-order valence-corrected chi connectivity index (χ3v) is 4.35. The summed E-state index contributed by atoms with van der Waals surface area (Å²) in [5.74, 6) is 1.88. The van der Waals surface area contributed by atoms with Crippen molar-refractivity contribution in [2.24, 2.45) is 5.92 Å². The van der Waals surface area contributed by atoms with Gasteiger partial charge in [0.25, 0.3) is 0 Å². The maximum atomic E-state index is 12.0. The Morgan fingerprint density at radius 1 is 1.39 bits per heavy atom. The first-order valence-corrected chi connectivity index (χ1v) is 7.70. The molecule has 0 radical (unpaired) electrons. The van der Waals surface area contributed by atoms with E-state index in [1.165, 1.54) is 17.7 Å². The van der Waals surface area contributed by atoms with Crippen LogP contribution in [0, 0.1) is 5.92 Å². The van der Waals surface area contributed by atoms with E-state index in [1.54, 1.807) is 11.8 Å². The highest BCUT2D eigenvalue weighted by atomic mass is 32.2. The van der Waals surface area contributed by atoms with Gasteiger partial charge in [-0.2, -0.15) is 0 Å². The molecule has 1 fully saturated rings. The molecule has 0 aromatic heterocycles. The van der Waals surface area contributed by atoms with Crippen LogP contribution < -0.4 is 0 Å². The average molecular weight is 263 g/mol. The second-order valence-electron chi connectivity index (χ2n) is 5.00. The van der Waals surface area contributed by atoms with Crippen molar-refractivity contribution in [1.29, 1.82) is 0 Å². The lowest BCUT2D eigenvalue weighted by molar-refractivity contribution is -0.132. The number of thioether (sulfide) groups is 1. The highest BCUT2D eigenvalue weighted by Gasteiger charge is 2.20. The van der Waals surface area contributed by atoms with Gasteiger partial charge in [0, 0.05) is 30.2 Å². The van der Waals surface area contributed by atoms with Crippen LogP contribution in [0.25, 0.3) is 0 Å². The third-order valence-electron chi connectivity index (χ3n) is 3.34. The number of amides is 1. The molecule has 0 saturated carbocycles. The summed E-state index contributed by atoms with van der Waals surface area (Å²) in [6.45, 7) is 4.15. The van der Waals surface area contributed by atoms with E-state index < -0.39 is 0 Å². The number of hydrogen-bond acceptors (Lipinski definition) is 2. The van der Waals surface area contributed by atoms with Crippen molar-refractivity contribution in [3.05, 3.63) is 30.3 Å². The fraction of sp³-hybridized carbons (Fsp3) is 0.533. The van der Waals surface area contributed by atoms with Gasteiger partial charge in [-0.05, 0) is 30.9 Å². The normalized spacial score (nSPS) is 19.8. The molecule has 1 amide bonds. The molecule has 1 atom stereocenters. The minimum Gasteiger partial charge on any atom is -0.342 e. The fourth-order valence-electron chi connectivity index (χ4n) is 2.35. The second-order valence-corrected chi connectivity index (χ2v) is 6.17. The van der Waals surface area contributed by atoms with Gasteiger partial charge in [0.2, 0.25) is 5.91 Å². The van der Waals surface area contributed by atoms with Crippen LogP contribution in [-0.4, -0.2) is 29.6 Å². The lowest BCUT2D eigenvalue weighted by Crippen LogP contribution is -2.39. The van der Waals surface area contributed by atoms with Crippen LogP contribution in [0.2, 0.25) is 0 Å². The van der Waals surface area contributed by atoms with Gasteiger partial charge in [-0.3, -0.25) is 4.79 Å². The first kappa shape index (κ1) is 13.5. The summed E-state index contributed by atoms with van der Waals surface area (Å²) in [6.07, 6.45) is 3.09. The molecule has 2 rings (SSSR count). The van der Waals surface area contributed by atoms with Gasteiger partial charge in [0.1, 0.15) is 0 Å². The quantitative estimate of drug-likeness (QED) is 0.776. The Morgan fingerprint density at radius 3 is 2.89 bits per heavy atom. The molecule has 1 heterocycles. The largest absolute Gasteiger partial charge is 0.342 e. The molecular formula is C15H21NOS. The van der Waals surface area contributed by atoms with Crippen molar-refractivity contribution < 1.29 is 4.79 Å². The number of rotatable bonds is 4. The summed E-state index contributed by atoms with van der Waals surface area (Å²) in [5.41, 5.74) is 0. The van der Waals surface area contributed by atoms with Crippen molar-refractivity contribution >= 4 is 17.7 Å². The predicted molar refractivity (Wildman–Crippen MR) is 76.8 cm³/mol. The number of piperidine rings is 1. The van der Waals surface area contributed by atoms with Gasteiger partial charge in [0.15, 0.2) is 0 Å². The molecule has 1 aliphatic rings. The van der Waals surface area contributed by atoms with Crippen LogP contribution in [0.5, 0.6) is 0 Å². The van der Waals surface area contributed by atoms with Gasteiger partial charge in [-0.1, -0.05) is 25.1 Å². The summed E-state index contributed by atoms with van der Waals surface area (Å²) in [7, 11) is 0. The number of nitrogens with zero attached hydrogens (tertiary/aromatic N) is 1. The van der Waals surface area contributed by atoms with Gasteiger partial charge < -0.3 is 4.90 Å². The molecule has 0 N–H and O–H groups in total. The summed E-state index contributed by atoms with van der Waals surface area (Å²) in [6, 6.07) is 10.3. The van der Waals surface area contributed by atoms with Gasteiger partial charge in [-0.25, -0.2) is 0 Å². The van der Waals surface area contributed by atoms with Gasteiger partial charge in [0.05, 0.1) is 0 Å². The van der Waals surface area contributed by atoms with Crippen LogP contribution in [0.15, 0.2) is 35.2 Å². The minimum atomic E-state index is 0.324. The lowest BCUT2D eigenvalue weighted by atomic mass is 10.0. The molecule has 1 aliphatic heterocycles. The van der Waals surface area contributed by atoms with E-state index >= 15 is 0 Å². The van der Waals surface area contributed by atoms with E-state index in [2.05, 4.69) is 19.1 Å². The highest BCUT2D eigenvalue weighted by Crippen LogP contribution is 2.20. The Morgan fingerprint density at radius 2 is 2.17 bits per heavy atom. The number of likely N-dealkylation sites (tertiary alicyclic amines) is 1. The Balaban J connectivity index is 1.71. The van der Waals surface area contributed by atoms with E-state index in [9.17, 15) is 4.79 Å². The van der Waals surface area contributed by atoms with Crippen LogP contribution in [-0.2, 0) is 4.79 Å². The van der Waals surface area contributed by atoms with Crippen LogP contribution in [0.4, 0.5) is 0 Å². The van der Waals surface area contributed by atoms with Gasteiger partial charge >= 0.3 is 0 Å². The van der Waals surface area contributed by atoms with Crippen molar-refractivity contribution in [3.8, 4) is 0 Å². The van der Waals surface area contributed by atoms with Gasteiger partial charge in [-0.15, -0.1) is 11.8 Å². The summed E-state index contributed by atoms with van der Waals surface area (Å²) < 4.78 is 0. The van der Waals surface area contributed by atoms with Crippen molar-refractivity contribution in [2.45, 2.75) is 31.1 Å². The molecule has 1 aromatic rings. The number of carbonyl (C=O) groups is 1. The first-order chi connectivity index (χ1) is 8.75. The maximum absolute atomic E-state index is 12.0. The molecule has 18 heavy (non-hydrogen) atoms. The highest BCUT2D eigenvalue weighted by molar-refractivity contribution is 7.99. The standard InChI is InChI=1S/C15H21NOS/c1-13-6-5-10-16(12-13)15(17)9-11-18-14-7-3-2-4-8-14/h2-4,7-8,13H,5-6,9-12H2,1H3/t13-/m1/s1. The van der Waals surface area contributed by atoms with E-state index in [-0.39, 0.29) is 0 Å². The fourth-order valence-corrected chi connectivity index (χ4v) is 3.21. The molecule has 0 bridgehead atoms. The molecular weight excluding hydrogens is 242 g/mol. The summed E-state index contributed by atoms with van der Waals surface area (Å²) >= 11 is 1.77. The Kier molecular flexibility index (Phi) is 5.12. The molecule has 2 nitrogen and oxygen atoms in total. The zero-order chi connectivity index (χ0) is 12.8. The van der Waals surface area contributed by atoms with E-state index in [0.717, 1.165) is 18.8 Å². The van der Waals surface area contributed by atoms with Crippen molar-refractivity contribution in [3.63, 3.8) is 0 Å². The maximum Gasteiger partial charge on any atom is 0.223 e. The molecule has 3 heteroatoms. The molecule has 0 spiro atoms. The van der Waals surface area contributed by atoms with Crippen LogP contribution >= 0.6 is 11.8 Å². The topological polar surface area (TPSA) is 20.3 Å². The lowest BCUT2D eigenvalue weighted by Gasteiger charge is -2.31. The SMILES string of the molecule is C[C@@H]1CCCN(C(=O)CCSc2ccccc2)C1. The Hall–Kier alpha value is -0.960. The smallest absolute Gasteiger partial charge is 0.223 e. The predicted octanol–water partition coefficient (Wildman–Crippen LogP) is 3.43. The van der Waals surface area contributed by atoms with E-state index in [0.29, 0.717) is 18.2 Å². The average Bonchev–Trinajstić information content (AvgIpc) is 2.40. The van der Waals surface area contributed by atoms with E-state index in [1.807, 2.05) is 23.1 Å². The monoisotopic (exact) mass is 263 g/mol. The Bertz CT molecular complexity index is 379. The third kappa shape index (κ3) is 4.05. The first-order valence-electron chi connectivity index (χ1n) is 6.71. The Labute approximate surface area is 114 Å². The summed E-state index contributed by atoms with van der Waals surface area (Å²) in [4.78, 5) is 15.3. The molecule has 98 valence electrons. The van der Waals surface area contributed by atoms with Crippen LogP contribution in [0.3, 0.4) is 0 Å². The zero-order valence-corrected chi connectivity index (χ0v) is 11.8. The molecule has 1 saturated heterocycles. The zero-order valence-electron chi connectivity index (χ0n) is 11.0. The summed E-state index contributed by atoms with van der Waals surface area (Å²) in [5, 5.41) is 0. The number of hydrogen-bond donors (Lipinski definition) is 0. The molecule has 0 unspecified atom stereocenters. The van der Waals surface area contributed by atoms with Crippen molar-refractivity contribution in [2.75, 3.05) is 18.8 Å². The molecule has 0 aliphatic carbocycles. The van der Waals surface area contributed by atoms with Crippen molar-refractivity contribution in [1.82, 2.24) is 4.90 Å².